The molecule has 0 spiro atoms. The van der Waals surface area contributed by atoms with E-state index < -0.39 is 0 Å². The summed E-state index contributed by atoms with van der Waals surface area (Å²) >= 11 is 0. The maximum Gasteiger partial charge on any atom is 0.0701 e. The summed E-state index contributed by atoms with van der Waals surface area (Å²) in [6.07, 6.45) is 0.910. The summed E-state index contributed by atoms with van der Waals surface area (Å²) in [4.78, 5) is 0. The van der Waals surface area contributed by atoms with E-state index in [0.717, 1.165) is 13.0 Å². The Morgan fingerprint density at radius 1 is 0.684 bits per heavy atom. The van der Waals surface area contributed by atoms with E-state index in [1.807, 2.05) is 6.92 Å². The van der Waals surface area contributed by atoms with Gasteiger partial charge in [-0.05, 0) is 32.4 Å². The van der Waals surface area contributed by atoms with Gasteiger partial charge >= 0.3 is 0 Å². The second-order valence-corrected chi connectivity index (χ2v) is 4.16. The van der Waals surface area contributed by atoms with Crippen LogP contribution in [0.5, 0.6) is 0 Å². The van der Waals surface area contributed by atoms with Crippen LogP contribution >= 0.6 is 0 Å². The van der Waals surface area contributed by atoms with Crippen LogP contribution in [0.25, 0.3) is 0 Å². The summed E-state index contributed by atoms with van der Waals surface area (Å²) in [6.45, 7) is 8.25. The number of nitrogens with two attached hydrogens (primary N) is 2. The van der Waals surface area contributed by atoms with Crippen molar-refractivity contribution in [2.75, 3.05) is 65.9 Å². The molecule has 0 heterocycles. The normalized spacial score (nSPS) is 11.4. The van der Waals surface area contributed by atoms with Crippen LogP contribution in [0.1, 0.15) is 13.3 Å². The van der Waals surface area contributed by atoms with E-state index in [1.54, 1.807) is 0 Å². The molecule has 0 rings (SSSR count). The van der Waals surface area contributed by atoms with E-state index in [4.69, 9.17) is 30.4 Å². The number of hydrogen-bond donors (Lipinski definition) is 2. The topological polar surface area (TPSA) is 89.0 Å². The molecule has 0 saturated carbocycles. The van der Waals surface area contributed by atoms with Crippen molar-refractivity contribution in [1.29, 1.82) is 0 Å². The summed E-state index contributed by atoms with van der Waals surface area (Å²) in [7, 11) is 0. The van der Waals surface area contributed by atoms with E-state index in [1.165, 1.54) is 0 Å². The zero-order valence-electron chi connectivity index (χ0n) is 12.1. The third kappa shape index (κ3) is 14.0. The van der Waals surface area contributed by atoms with Gasteiger partial charge in [0.25, 0.3) is 0 Å². The molecule has 6 heteroatoms. The van der Waals surface area contributed by atoms with E-state index in [2.05, 4.69) is 0 Å². The second kappa shape index (κ2) is 15.8. The molecule has 116 valence electrons. The number of hydrogen-bond acceptors (Lipinski definition) is 6. The summed E-state index contributed by atoms with van der Waals surface area (Å²) in [5.74, 6) is 0.361. The molecule has 0 radical (unpaired) electrons. The van der Waals surface area contributed by atoms with Crippen molar-refractivity contribution in [2.24, 2.45) is 17.4 Å². The molecule has 0 aliphatic rings. The van der Waals surface area contributed by atoms with Crippen molar-refractivity contribution in [1.82, 2.24) is 0 Å². The largest absolute Gasteiger partial charge is 0.379 e. The maximum absolute atomic E-state index is 5.54. The second-order valence-electron chi connectivity index (χ2n) is 4.16. The van der Waals surface area contributed by atoms with Crippen LogP contribution in [0.15, 0.2) is 0 Å². The highest BCUT2D eigenvalue weighted by atomic mass is 16.6. The first-order valence-corrected chi connectivity index (χ1v) is 7.06. The van der Waals surface area contributed by atoms with Crippen LogP contribution in [0.3, 0.4) is 0 Å². The summed E-state index contributed by atoms with van der Waals surface area (Å²) in [5, 5.41) is 0. The molecular formula is C13H30N2O4. The summed E-state index contributed by atoms with van der Waals surface area (Å²) in [6, 6.07) is 0. The first-order valence-electron chi connectivity index (χ1n) is 7.06. The van der Waals surface area contributed by atoms with Gasteiger partial charge in [0.15, 0.2) is 0 Å². The number of rotatable bonds is 15. The fraction of sp³-hybridized carbons (Fsp3) is 1.00. The molecule has 4 N–H and O–H groups in total. The third-order valence-corrected chi connectivity index (χ3v) is 2.66. The summed E-state index contributed by atoms with van der Waals surface area (Å²) in [5.41, 5.74) is 11.1. The minimum atomic E-state index is 0.361. The van der Waals surface area contributed by atoms with Crippen molar-refractivity contribution in [3.8, 4) is 0 Å². The van der Waals surface area contributed by atoms with Crippen molar-refractivity contribution in [2.45, 2.75) is 13.3 Å². The van der Waals surface area contributed by atoms with Crippen LogP contribution in [0, 0.1) is 5.92 Å². The van der Waals surface area contributed by atoms with Crippen LogP contribution < -0.4 is 11.5 Å². The molecule has 0 aromatic rings. The molecule has 0 bridgehead atoms. The van der Waals surface area contributed by atoms with Crippen molar-refractivity contribution < 1.29 is 18.9 Å². The molecule has 0 aliphatic carbocycles. The molecule has 6 nitrogen and oxygen atoms in total. The van der Waals surface area contributed by atoms with E-state index in [9.17, 15) is 0 Å². The van der Waals surface area contributed by atoms with Gasteiger partial charge in [0.2, 0.25) is 0 Å². The lowest BCUT2D eigenvalue weighted by molar-refractivity contribution is -0.00161. The zero-order chi connectivity index (χ0) is 14.2. The Morgan fingerprint density at radius 3 is 1.53 bits per heavy atom. The van der Waals surface area contributed by atoms with Gasteiger partial charge in [-0.15, -0.1) is 0 Å². The lowest BCUT2D eigenvalue weighted by atomic mass is 10.1. The Morgan fingerprint density at radius 2 is 1.11 bits per heavy atom. The quantitative estimate of drug-likeness (QED) is 0.410. The van der Waals surface area contributed by atoms with E-state index in [0.29, 0.717) is 65.3 Å². The Bertz CT molecular complexity index is 169. The molecule has 0 unspecified atom stereocenters. The standard InChI is InChI=1S/C13H30N2O4/c1-2-16-5-6-18-9-10-19-8-7-17-4-3-13(11-14)12-15/h13H,2-12,14-15H2,1H3. The SMILES string of the molecule is CCOCCOCCOCCOCCC(CN)CN. The predicted octanol–water partition coefficient (Wildman–Crippen LogP) is -0.00360. The van der Waals surface area contributed by atoms with Gasteiger partial charge in [-0.2, -0.15) is 0 Å². The van der Waals surface area contributed by atoms with Crippen LogP contribution in [0.2, 0.25) is 0 Å². The molecule has 0 aromatic heterocycles. The fourth-order valence-electron chi connectivity index (χ4n) is 1.39. The van der Waals surface area contributed by atoms with Gasteiger partial charge in [-0.1, -0.05) is 0 Å². The molecule has 19 heavy (non-hydrogen) atoms. The minimum Gasteiger partial charge on any atom is -0.379 e. The van der Waals surface area contributed by atoms with Gasteiger partial charge < -0.3 is 30.4 Å². The number of ether oxygens (including phenoxy) is 4. The van der Waals surface area contributed by atoms with Crippen molar-refractivity contribution in [3.05, 3.63) is 0 Å². The molecule has 0 aliphatic heterocycles. The van der Waals surface area contributed by atoms with Crippen molar-refractivity contribution >= 4 is 0 Å². The van der Waals surface area contributed by atoms with Gasteiger partial charge in [0, 0.05) is 13.2 Å². The lowest BCUT2D eigenvalue weighted by Gasteiger charge is -2.12. The molecule has 0 atom stereocenters. The van der Waals surface area contributed by atoms with Gasteiger partial charge in [0.05, 0.1) is 39.6 Å². The summed E-state index contributed by atoms with van der Waals surface area (Å²) < 4.78 is 21.2. The van der Waals surface area contributed by atoms with E-state index >= 15 is 0 Å². The Balaban J connectivity index is 3.02. The average molecular weight is 278 g/mol. The van der Waals surface area contributed by atoms with Crippen LogP contribution in [-0.2, 0) is 18.9 Å². The lowest BCUT2D eigenvalue weighted by Crippen LogP contribution is -2.24. The third-order valence-electron chi connectivity index (χ3n) is 2.66. The molecule has 0 aromatic carbocycles. The first kappa shape index (κ1) is 18.8. The molecule has 0 saturated heterocycles. The Labute approximate surface area is 116 Å². The van der Waals surface area contributed by atoms with Gasteiger partial charge in [-0.25, -0.2) is 0 Å². The first-order chi connectivity index (χ1) is 9.35. The highest BCUT2D eigenvalue weighted by Crippen LogP contribution is 1.98. The average Bonchev–Trinajstić information content (AvgIpc) is 2.44. The Kier molecular flexibility index (Phi) is 15.6. The van der Waals surface area contributed by atoms with E-state index in [-0.39, 0.29) is 0 Å². The highest BCUT2D eigenvalue weighted by Gasteiger charge is 2.02. The fourth-order valence-corrected chi connectivity index (χ4v) is 1.39. The Hall–Kier alpha value is -0.240. The predicted molar refractivity (Wildman–Crippen MR) is 75.2 cm³/mol. The van der Waals surface area contributed by atoms with Crippen LogP contribution in [-0.4, -0.2) is 65.9 Å². The molecular weight excluding hydrogens is 248 g/mol. The zero-order valence-corrected chi connectivity index (χ0v) is 12.1. The molecule has 0 amide bonds. The smallest absolute Gasteiger partial charge is 0.0701 e. The van der Waals surface area contributed by atoms with Gasteiger partial charge in [0.1, 0.15) is 0 Å². The minimum absolute atomic E-state index is 0.361. The maximum atomic E-state index is 5.54. The van der Waals surface area contributed by atoms with Crippen LogP contribution in [0.4, 0.5) is 0 Å². The highest BCUT2D eigenvalue weighted by molar-refractivity contribution is 4.59. The van der Waals surface area contributed by atoms with Crippen molar-refractivity contribution in [3.63, 3.8) is 0 Å². The monoisotopic (exact) mass is 278 g/mol. The molecule has 0 fully saturated rings. The van der Waals surface area contributed by atoms with Gasteiger partial charge in [-0.3, -0.25) is 0 Å².